The number of carboxylic acids is 1. The van der Waals surface area contributed by atoms with E-state index in [2.05, 4.69) is 5.32 Å². The van der Waals surface area contributed by atoms with Crippen molar-refractivity contribution in [3.63, 3.8) is 0 Å². The van der Waals surface area contributed by atoms with Gasteiger partial charge in [0.25, 0.3) is 0 Å². The van der Waals surface area contributed by atoms with Crippen molar-refractivity contribution in [3.05, 3.63) is 29.8 Å². The van der Waals surface area contributed by atoms with Gasteiger partial charge in [0.2, 0.25) is 5.91 Å². The Morgan fingerprint density at radius 1 is 1.17 bits per heavy atom. The molecule has 132 valence electrons. The van der Waals surface area contributed by atoms with Crippen LogP contribution in [0.4, 0.5) is 18.9 Å². The predicted molar refractivity (Wildman–Crippen MR) is 80.7 cm³/mol. The first kappa shape index (κ1) is 18.1. The summed E-state index contributed by atoms with van der Waals surface area (Å²) in [4.78, 5) is 25.6. The molecule has 1 aliphatic heterocycles. The van der Waals surface area contributed by atoms with Gasteiger partial charge in [0, 0.05) is 31.9 Å². The van der Waals surface area contributed by atoms with Gasteiger partial charge >= 0.3 is 12.1 Å². The van der Waals surface area contributed by atoms with Gasteiger partial charge < -0.3 is 15.3 Å². The molecule has 0 radical (unpaired) electrons. The number of nitrogens with zero attached hydrogens (tertiary/aromatic N) is 2. The van der Waals surface area contributed by atoms with Gasteiger partial charge in [-0.1, -0.05) is 6.07 Å². The Bertz CT molecular complexity index is 599. The standard InChI is InChI=1S/C15H18F3N3O3/c16-15(17,18)11-2-1-3-12(8-11)21-6-4-20(5-7-21)10-13(22)19-9-14(23)24/h1-3,8H,4-7,9-10H2,(H,19,22)(H,23,24). The molecule has 1 heterocycles. The lowest BCUT2D eigenvalue weighted by atomic mass is 10.1. The van der Waals surface area contributed by atoms with Crippen LogP contribution in [0, 0.1) is 0 Å². The second-order valence-corrected chi connectivity index (χ2v) is 5.48. The quantitative estimate of drug-likeness (QED) is 0.834. The number of carbonyl (C=O) groups is 2. The number of hydrogen-bond donors (Lipinski definition) is 2. The molecule has 1 fully saturated rings. The van der Waals surface area contributed by atoms with Gasteiger partial charge in [-0.05, 0) is 18.2 Å². The average molecular weight is 345 g/mol. The third-order valence-corrected chi connectivity index (χ3v) is 3.71. The Morgan fingerprint density at radius 3 is 2.42 bits per heavy atom. The predicted octanol–water partition coefficient (Wildman–Crippen LogP) is 1.03. The third kappa shape index (κ3) is 5.12. The zero-order valence-corrected chi connectivity index (χ0v) is 12.8. The minimum Gasteiger partial charge on any atom is -0.480 e. The molecule has 0 atom stereocenters. The van der Waals surface area contributed by atoms with Crippen LogP contribution >= 0.6 is 0 Å². The molecular weight excluding hydrogens is 327 g/mol. The molecule has 0 bridgehead atoms. The number of anilines is 1. The summed E-state index contributed by atoms with van der Waals surface area (Å²) in [5.74, 6) is -1.50. The number of rotatable bonds is 5. The number of benzene rings is 1. The summed E-state index contributed by atoms with van der Waals surface area (Å²) in [7, 11) is 0. The molecule has 1 aromatic carbocycles. The van der Waals surface area contributed by atoms with E-state index in [1.54, 1.807) is 6.07 Å². The van der Waals surface area contributed by atoms with Gasteiger partial charge in [0.15, 0.2) is 0 Å². The van der Waals surface area contributed by atoms with Gasteiger partial charge in [0.05, 0.1) is 12.1 Å². The van der Waals surface area contributed by atoms with E-state index in [0.29, 0.717) is 31.9 Å². The molecule has 1 saturated heterocycles. The fraction of sp³-hybridized carbons (Fsp3) is 0.467. The molecule has 0 unspecified atom stereocenters. The minimum atomic E-state index is -4.37. The average Bonchev–Trinajstić information content (AvgIpc) is 2.53. The lowest BCUT2D eigenvalue weighted by Crippen LogP contribution is -2.50. The minimum absolute atomic E-state index is 0.0731. The molecule has 6 nitrogen and oxygen atoms in total. The van der Waals surface area contributed by atoms with E-state index in [1.165, 1.54) is 6.07 Å². The Hall–Kier alpha value is -2.29. The molecule has 2 N–H and O–H groups in total. The number of aliphatic carboxylic acids is 1. The summed E-state index contributed by atoms with van der Waals surface area (Å²) in [6, 6.07) is 5.16. The van der Waals surface area contributed by atoms with Crippen LogP contribution in [0.2, 0.25) is 0 Å². The first-order valence-corrected chi connectivity index (χ1v) is 7.39. The third-order valence-electron chi connectivity index (χ3n) is 3.71. The molecule has 0 spiro atoms. The Labute approximate surface area is 136 Å². The van der Waals surface area contributed by atoms with Crippen LogP contribution in [0.3, 0.4) is 0 Å². The summed E-state index contributed by atoms with van der Waals surface area (Å²) in [6.45, 7) is 1.65. The van der Waals surface area contributed by atoms with Crippen LogP contribution in [0.15, 0.2) is 24.3 Å². The fourth-order valence-corrected chi connectivity index (χ4v) is 2.48. The number of alkyl halides is 3. The fourth-order valence-electron chi connectivity index (χ4n) is 2.48. The van der Waals surface area contributed by atoms with Crippen LogP contribution in [0.1, 0.15) is 5.56 Å². The van der Waals surface area contributed by atoms with E-state index in [1.807, 2.05) is 9.80 Å². The highest BCUT2D eigenvalue weighted by atomic mass is 19.4. The van der Waals surface area contributed by atoms with Gasteiger partial charge in [0.1, 0.15) is 6.54 Å². The molecule has 1 amide bonds. The van der Waals surface area contributed by atoms with Crippen molar-refractivity contribution in [1.29, 1.82) is 0 Å². The topological polar surface area (TPSA) is 72.9 Å². The maximum absolute atomic E-state index is 12.8. The number of halogens is 3. The monoisotopic (exact) mass is 345 g/mol. The van der Waals surface area contributed by atoms with E-state index in [-0.39, 0.29) is 12.5 Å². The molecule has 0 saturated carbocycles. The van der Waals surface area contributed by atoms with Crippen molar-refractivity contribution in [2.24, 2.45) is 0 Å². The number of piperazine rings is 1. The van der Waals surface area contributed by atoms with Crippen LogP contribution in [0.25, 0.3) is 0 Å². The second kappa shape index (κ2) is 7.52. The molecule has 0 aromatic heterocycles. The summed E-state index contributed by atoms with van der Waals surface area (Å²) in [5, 5.41) is 10.8. The molecule has 2 rings (SSSR count). The highest BCUT2D eigenvalue weighted by molar-refractivity contribution is 5.82. The van der Waals surface area contributed by atoms with Crippen molar-refractivity contribution >= 4 is 17.6 Å². The summed E-state index contributed by atoms with van der Waals surface area (Å²) >= 11 is 0. The number of nitrogens with one attached hydrogen (secondary N) is 1. The maximum atomic E-state index is 12.8. The number of carboxylic acid groups (broad SMARTS) is 1. The Kier molecular flexibility index (Phi) is 5.66. The first-order chi connectivity index (χ1) is 11.3. The van der Waals surface area contributed by atoms with Crippen molar-refractivity contribution < 1.29 is 27.9 Å². The van der Waals surface area contributed by atoms with Crippen molar-refractivity contribution in [3.8, 4) is 0 Å². The summed E-state index contributed by atoms with van der Waals surface area (Å²) in [5.41, 5.74) is -0.185. The van der Waals surface area contributed by atoms with Gasteiger partial charge in [-0.2, -0.15) is 13.2 Å². The Balaban J connectivity index is 1.87. The van der Waals surface area contributed by atoms with Gasteiger partial charge in [-0.3, -0.25) is 14.5 Å². The first-order valence-electron chi connectivity index (χ1n) is 7.39. The van der Waals surface area contributed by atoms with Crippen molar-refractivity contribution in [2.45, 2.75) is 6.18 Å². The zero-order chi connectivity index (χ0) is 17.7. The molecule has 0 aliphatic carbocycles. The maximum Gasteiger partial charge on any atom is 0.416 e. The van der Waals surface area contributed by atoms with Crippen LogP contribution in [0.5, 0.6) is 0 Å². The van der Waals surface area contributed by atoms with Crippen molar-refractivity contribution in [1.82, 2.24) is 10.2 Å². The molecule has 24 heavy (non-hydrogen) atoms. The summed E-state index contributed by atoms with van der Waals surface area (Å²) in [6.07, 6.45) is -4.37. The zero-order valence-electron chi connectivity index (χ0n) is 12.8. The number of amides is 1. The van der Waals surface area contributed by atoms with E-state index in [9.17, 15) is 22.8 Å². The number of carbonyl (C=O) groups excluding carboxylic acids is 1. The lowest BCUT2D eigenvalue weighted by molar-refractivity contribution is -0.138. The smallest absolute Gasteiger partial charge is 0.416 e. The lowest BCUT2D eigenvalue weighted by Gasteiger charge is -2.35. The van der Waals surface area contributed by atoms with E-state index in [0.717, 1.165) is 12.1 Å². The largest absolute Gasteiger partial charge is 0.480 e. The van der Waals surface area contributed by atoms with Gasteiger partial charge in [-0.25, -0.2) is 0 Å². The summed E-state index contributed by atoms with van der Waals surface area (Å²) < 4.78 is 38.3. The van der Waals surface area contributed by atoms with Crippen LogP contribution in [-0.2, 0) is 15.8 Å². The molecule has 1 aromatic rings. The highest BCUT2D eigenvalue weighted by Gasteiger charge is 2.31. The highest BCUT2D eigenvalue weighted by Crippen LogP contribution is 2.31. The van der Waals surface area contributed by atoms with Crippen LogP contribution in [-0.4, -0.2) is 61.2 Å². The second-order valence-electron chi connectivity index (χ2n) is 5.48. The SMILES string of the molecule is O=C(O)CNC(=O)CN1CCN(c2cccc(C(F)(F)F)c2)CC1. The molecule has 1 aliphatic rings. The van der Waals surface area contributed by atoms with Crippen molar-refractivity contribution in [2.75, 3.05) is 44.2 Å². The molecule has 9 heteroatoms. The normalized spacial score (nSPS) is 16.0. The molecular formula is C15H18F3N3O3. The Morgan fingerprint density at radius 2 is 1.83 bits per heavy atom. The number of hydrogen-bond acceptors (Lipinski definition) is 4. The van der Waals surface area contributed by atoms with E-state index >= 15 is 0 Å². The van der Waals surface area contributed by atoms with E-state index < -0.39 is 24.3 Å². The van der Waals surface area contributed by atoms with Crippen LogP contribution < -0.4 is 10.2 Å². The van der Waals surface area contributed by atoms with E-state index in [4.69, 9.17) is 5.11 Å². The van der Waals surface area contributed by atoms with Gasteiger partial charge in [-0.15, -0.1) is 0 Å².